The number of nitrogens with zero attached hydrogens (tertiary/aromatic N) is 2. The molecule has 13 nitrogen and oxygen atoms in total. The summed E-state index contributed by atoms with van der Waals surface area (Å²) in [6, 6.07) is 4.51. The van der Waals surface area contributed by atoms with Crippen molar-refractivity contribution in [2.75, 3.05) is 53.5 Å². The van der Waals surface area contributed by atoms with Crippen molar-refractivity contribution in [3.8, 4) is 40.2 Å². The van der Waals surface area contributed by atoms with Crippen molar-refractivity contribution in [1.29, 1.82) is 0 Å². The third kappa shape index (κ3) is 4.81. The van der Waals surface area contributed by atoms with Gasteiger partial charge in [-0.1, -0.05) is 6.07 Å². The third-order valence-corrected chi connectivity index (χ3v) is 13.7. The number of fused-ring (bicyclic) bond motifs is 9. The summed E-state index contributed by atoms with van der Waals surface area (Å²) in [7, 11) is 5.17. The van der Waals surface area contributed by atoms with Gasteiger partial charge in [-0.15, -0.1) is 11.8 Å². The minimum Gasteiger partial charge on any atom is -0.504 e. The van der Waals surface area contributed by atoms with Crippen LogP contribution in [0.2, 0.25) is 0 Å². The molecule has 7 heterocycles. The number of thioether (sulfide) groups is 1. The van der Waals surface area contributed by atoms with E-state index >= 15 is 0 Å². The van der Waals surface area contributed by atoms with Crippen molar-refractivity contribution in [3.63, 3.8) is 0 Å². The molecule has 3 aromatic carbocycles. The minimum absolute atomic E-state index is 0.00613. The number of ether oxygens (including phenoxy) is 6. The number of benzene rings is 3. The first-order valence-electron chi connectivity index (χ1n) is 17.9. The molecule has 0 radical (unpaired) electrons. The molecule has 7 aliphatic rings. The van der Waals surface area contributed by atoms with Gasteiger partial charge in [0.1, 0.15) is 12.4 Å². The number of aryl methyl sites for hydroxylation is 1. The van der Waals surface area contributed by atoms with Crippen LogP contribution in [-0.2, 0) is 32.7 Å². The fourth-order valence-corrected chi connectivity index (χ4v) is 11.6. The number of likely N-dealkylation sites (N-methyl/N-ethyl adjacent to an activating group) is 1. The van der Waals surface area contributed by atoms with Gasteiger partial charge in [0.25, 0.3) is 0 Å². The highest BCUT2D eigenvalue weighted by Crippen LogP contribution is 2.63. The molecule has 2 saturated heterocycles. The first-order valence-corrected chi connectivity index (χ1v) is 19.0. The average Bonchev–Trinajstić information content (AvgIpc) is 3.61. The van der Waals surface area contributed by atoms with Gasteiger partial charge < -0.3 is 38.6 Å². The fraction of sp³-hybridized carbons (Fsp3) is 0.487. The SMILES string of the molecule is COc1cc2c(cc1O)CCN[C@]21CS[C@@H]2c3c(OC(C)=O)c(C)c4c(c3[C@@H](COC1=O)N1C[C@@H]3Cc5cc(C)c(OC)c(O)c5[C@H](C21)N3C)OCO4. The Labute approximate surface area is 311 Å². The molecule has 6 atom stereocenters. The number of nitrogens with one attached hydrogen (secondary N) is 1. The Morgan fingerprint density at radius 2 is 1.81 bits per heavy atom. The van der Waals surface area contributed by atoms with Crippen LogP contribution in [-0.4, -0.2) is 97.5 Å². The Morgan fingerprint density at radius 3 is 2.57 bits per heavy atom. The van der Waals surface area contributed by atoms with Crippen LogP contribution in [0.3, 0.4) is 0 Å². The van der Waals surface area contributed by atoms with Crippen molar-refractivity contribution < 1.29 is 48.2 Å². The van der Waals surface area contributed by atoms with E-state index in [1.54, 1.807) is 31.0 Å². The molecule has 2 fully saturated rings. The maximum absolute atomic E-state index is 14.7. The molecule has 0 aromatic heterocycles. The van der Waals surface area contributed by atoms with Crippen LogP contribution in [0.5, 0.6) is 40.2 Å². The van der Waals surface area contributed by atoms with Crippen LogP contribution in [0, 0.1) is 13.8 Å². The summed E-state index contributed by atoms with van der Waals surface area (Å²) in [5, 5.41) is 25.8. The number of methoxy groups -OCH3 is 2. The summed E-state index contributed by atoms with van der Waals surface area (Å²) in [6.07, 6.45) is 1.31. The molecule has 14 heteroatoms. The lowest BCUT2D eigenvalue weighted by Crippen LogP contribution is -2.65. The van der Waals surface area contributed by atoms with Gasteiger partial charge in [-0.05, 0) is 68.1 Å². The number of carbonyl (C=O) groups excluding carboxylic acids is 2. The van der Waals surface area contributed by atoms with E-state index in [0.29, 0.717) is 60.1 Å². The highest BCUT2D eigenvalue weighted by atomic mass is 32.2. The van der Waals surface area contributed by atoms with Gasteiger partial charge in [-0.2, -0.15) is 0 Å². The van der Waals surface area contributed by atoms with E-state index < -0.39 is 28.8 Å². The second-order valence-corrected chi connectivity index (χ2v) is 16.0. The van der Waals surface area contributed by atoms with E-state index in [1.807, 2.05) is 13.8 Å². The van der Waals surface area contributed by atoms with E-state index in [9.17, 15) is 19.8 Å². The first-order chi connectivity index (χ1) is 25.5. The van der Waals surface area contributed by atoms with Crippen molar-refractivity contribution in [2.24, 2.45) is 0 Å². The lowest BCUT2D eigenvalue weighted by molar-refractivity contribution is -0.156. The molecule has 1 spiro atoms. The Hall–Kier alpha value is -4.37. The molecule has 53 heavy (non-hydrogen) atoms. The molecule has 3 aromatic rings. The number of hydrogen-bond acceptors (Lipinski definition) is 14. The monoisotopic (exact) mass is 745 g/mol. The van der Waals surface area contributed by atoms with Crippen LogP contribution < -0.4 is 29.0 Å². The maximum Gasteiger partial charge on any atom is 0.331 e. The van der Waals surface area contributed by atoms with Crippen LogP contribution in [0.15, 0.2) is 18.2 Å². The largest absolute Gasteiger partial charge is 0.504 e. The number of piperazine rings is 1. The molecule has 0 amide bonds. The van der Waals surface area contributed by atoms with E-state index in [0.717, 1.165) is 33.4 Å². The second kappa shape index (κ2) is 12.3. The predicted octanol–water partition coefficient (Wildman–Crippen LogP) is 4.09. The van der Waals surface area contributed by atoms with Crippen molar-refractivity contribution >= 4 is 23.7 Å². The van der Waals surface area contributed by atoms with Crippen LogP contribution in [0.1, 0.15) is 68.8 Å². The van der Waals surface area contributed by atoms with E-state index in [1.165, 1.54) is 14.0 Å². The lowest BCUT2D eigenvalue weighted by atomic mass is 9.73. The van der Waals surface area contributed by atoms with Crippen LogP contribution in [0.4, 0.5) is 0 Å². The van der Waals surface area contributed by atoms with Crippen molar-refractivity contribution in [1.82, 2.24) is 15.1 Å². The number of aromatic hydroxyl groups is 2. The zero-order chi connectivity index (χ0) is 37.1. The summed E-state index contributed by atoms with van der Waals surface area (Å²) in [6.45, 7) is 6.33. The van der Waals surface area contributed by atoms with Gasteiger partial charge in [0.05, 0.1) is 31.6 Å². The van der Waals surface area contributed by atoms with E-state index in [-0.39, 0.29) is 54.5 Å². The van der Waals surface area contributed by atoms with Gasteiger partial charge in [-0.25, -0.2) is 4.79 Å². The lowest BCUT2D eigenvalue weighted by Gasteiger charge is -2.60. The molecule has 10 rings (SSSR count). The smallest absolute Gasteiger partial charge is 0.331 e. The molecule has 280 valence electrons. The number of phenols is 2. The summed E-state index contributed by atoms with van der Waals surface area (Å²) in [5.74, 6) is 1.66. The zero-order valence-corrected chi connectivity index (χ0v) is 31.3. The summed E-state index contributed by atoms with van der Waals surface area (Å²) >= 11 is 1.58. The number of rotatable bonds is 3. The Bertz CT molecular complexity index is 2090. The Morgan fingerprint density at radius 1 is 1.02 bits per heavy atom. The molecule has 4 bridgehead atoms. The maximum atomic E-state index is 14.7. The van der Waals surface area contributed by atoms with Gasteiger partial charge in [-0.3, -0.25) is 19.9 Å². The third-order valence-electron chi connectivity index (χ3n) is 12.2. The van der Waals surface area contributed by atoms with Crippen LogP contribution >= 0.6 is 11.8 Å². The highest BCUT2D eigenvalue weighted by Gasteiger charge is 2.59. The molecular formula is C39H43N3O10S. The van der Waals surface area contributed by atoms with E-state index in [2.05, 4.69) is 28.2 Å². The normalized spacial score (nSPS) is 28.3. The van der Waals surface area contributed by atoms with Gasteiger partial charge in [0.15, 0.2) is 40.0 Å². The standard InChI is InChI=1S/C39H43N3O10S/c1-17-9-21-10-22-13-42-24-14-49-38(46)39(23-12-26(47-5)25(44)11-20(23)7-8-40-39)15-53-37(31(42)30(41(22)4)27(21)32(45)33(17)48-6)29-28(24)36-35(50-16-51-36)18(2)34(29)52-19(3)43/h9,11-12,22,24,30-31,37,40,44-45H,7-8,10,13-16H2,1-6H3/t22-,24+,30+,31?,37+,39+/m0/s1. The molecule has 0 saturated carbocycles. The number of phenolic OH excluding ortho intramolecular Hbond substituents is 2. The van der Waals surface area contributed by atoms with Crippen molar-refractivity contribution in [2.45, 2.75) is 68.6 Å². The van der Waals surface area contributed by atoms with Gasteiger partial charge in [0, 0.05) is 60.1 Å². The number of hydrogen-bond donors (Lipinski definition) is 3. The summed E-state index contributed by atoms with van der Waals surface area (Å²) in [4.78, 5) is 32.3. The molecule has 1 unspecified atom stereocenters. The molecule has 7 aliphatic heterocycles. The quantitative estimate of drug-likeness (QED) is 0.261. The molecule has 3 N–H and O–H groups in total. The molecular weight excluding hydrogens is 703 g/mol. The Balaban J connectivity index is 1.30. The number of carbonyl (C=O) groups is 2. The molecule has 0 aliphatic carbocycles. The van der Waals surface area contributed by atoms with E-state index in [4.69, 9.17) is 28.4 Å². The second-order valence-electron chi connectivity index (χ2n) is 14.9. The van der Waals surface area contributed by atoms with Gasteiger partial charge >= 0.3 is 11.9 Å². The number of esters is 2. The van der Waals surface area contributed by atoms with Crippen molar-refractivity contribution in [3.05, 3.63) is 62.7 Å². The van der Waals surface area contributed by atoms with Crippen LogP contribution in [0.25, 0.3) is 0 Å². The summed E-state index contributed by atoms with van der Waals surface area (Å²) in [5.41, 5.74) is 5.22. The Kier molecular flexibility index (Phi) is 8.01. The predicted molar refractivity (Wildman–Crippen MR) is 193 cm³/mol. The average molecular weight is 746 g/mol. The van der Waals surface area contributed by atoms with Gasteiger partial charge in [0.2, 0.25) is 6.79 Å². The minimum atomic E-state index is -1.29. The topological polar surface area (TPSA) is 148 Å². The zero-order valence-electron chi connectivity index (χ0n) is 30.5. The fourth-order valence-electron chi connectivity index (χ4n) is 9.92. The summed E-state index contributed by atoms with van der Waals surface area (Å²) < 4.78 is 36.2. The highest BCUT2D eigenvalue weighted by molar-refractivity contribution is 7.99. The first kappa shape index (κ1) is 34.4.